The zero-order chi connectivity index (χ0) is 16.5. The van der Waals surface area contributed by atoms with E-state index in [1.54, 1.807) is 18.1 Å². The fourth-order valence-corrected chi connectivity index (χ4v) is 3.28. The molecule has 128 valence electrons. The van der Waals surface area contributed by atoms with Gasteiger partial charge in [0.25, 0.3) is 5.91 Å². The highest BCUT2D eigenvalue weighted by molar-refractivity contribution is 7.12. The van der Waals surface area contributed by atoms with Gasteiger partial charge in [-0.25, -0.2) is 0 Å². The lowest BCUT2D eigenvalue weighted by atomic mass is 10.0. The number of ether oxygens (including phenoxy) is 2. The Balaban J connectivity index is 1.83. The molecule has 7 heteroatoms. The summed E-state index contributed by atoms with van der Waals surface area (Å²) in [6.45, 7) is 2.58. The number of piperidine rings is 1. The molecular weight excluding hydrogens is 316 g/mol. The van der Waals surface area contributed by atoms with E-state index in [-0.39, 0.29) is 17.9 Å². The average molecular weight is 340 g/mol. The second-order valence-corrected chi connectivity index (χ2v) is 6.33. The molecule has 1 unspecified atom stereocenters. The molecule has 2 heterocycles. The van der Waals surface area contributed by atoms with E-state index in [2.05, 4.69) is 5.32 Å². The van der Waals surface area contributed by atoms with Crippen molar-refractivity contribution < 1.29 is 19.1 Å². The van der Waals surface area contributed by atoms with Gasteiger partial charge in [0.15, 0.2) is 0 Å². The van der Waals surface area contributed by atoms with Crippen molar-refractivity contribution in [1.82, 2.24) is 10.2 Å². The molecule has 23 heavy (non-hydrogen) atoms. The predicted octanol–water partition coefficient (Wildman–Crippen LogP) is 1.52. The molecule has 1 saturated heterocycles. The quantitative estimate of drug-likeness (QED) is 0.729. The fourth-order valence-electron chi connectivity index (χ4n) is 2.60. The minimum atomic E-state index is -0.377. The first-order valence-electron chi connectivity index (χ1n) is 7.93. The summed E-state index contributed by atoms with van der Waals surface area (Å²) in [7, 11) is 1.62. The summed E-state index contributed by atoms with van der Waals surface area (Å²) in [4.78, 5) is 27.3. The second-order valence-electron chi connectivity index (χ2n) is 5.38. The van der Waals surface area contributed by atoms with Crippen LogP contribution in [0.5, 0.6) is 0 Å². The summed E-state index contributed by atoms with van der Waals surface area (Å²) in [6, 6.07) is 3.28. The van der Waals surface area contributed by atoms with Crippen molar-refractivity contribution in [2.75, 3.05) is 40.0 Å². The third kappa shape index (κ3) is 5.30. The van der Waals surface area contributed by atoms with Crippen LogP contribution in [0.4, 0.5) is 0 Å². The van der Waals surface area contributed by atoms with Crippen LogP contribution in [0.1, 0.15) is 28.9 Å². The van der Waals surface area contributed by atoms with E-state index in [4.69, 9.17) is 9.47 Å². The minimum Gasteiger partial charge on any atom is -0.382 e. The van der Waals surface area contributed by atoms with Crippen molar-refractivity contribution in [2.45, 2.75) is 25.3 Å². The molecule has 0 bridgehead atoms. The molecule has 0 aliphatic carbocycles. The molecule has 6 nitrogen and oxygen atoms in total. The maximum atomic E-state index is 12.5. The molecule has 2 amide bonds. The summed E-state index contributed by atoms with van der Waals surface area (Å²) >= 11 is 1.41. The monoisotopic (exact) mass is 340 g/mol. The zero-order valence-corrected chi connectivity index (χ0v) is 14.3. The van der Waals surface area contributed by atoms with Crippen LogP contribution in [0.2, 0.25) is 0 Å². The van der Waals surface area contributed by atoms with Crippen molar-refractivity contribution in [3.63, 3.8) is 0 Å². The lowest BCUT2D eigenvalue weighted by molar-refractivity contribution is -0.126. The summed E-state index contributed by atoms with van der Waals surface area (Å²) in [5, 5.41) is 4.74. The van der Waals surface area contributed by atoms with Gasteiger partial charge in [-0.1, -0.05) is 6.07 Å². The first-order valence-corrected chi connectivity index (χ1v) is 8.81. The summed E-state index contributed by atoms with van der Waals surface area (Å²) in [6.07, 6.45) is 2.63. The van der Waals surface area contributed by atoms with Crippen molar-refractivity contribution in [3.8, 4) is 0 Å². The molecule has 0 radical (unpaired) electrons. The molecule has 0 spiro atoms. The summed E-state index contributed by atoms with van der Waals surface area (Å²) in [5.41, 5.74) is 0. The van der Waals surface area contributed by atoms with Crippen molar-refractivity contribution in [3.05, 3.63) is 22.4 Å². The van der Waals surface area contributed by atoms with Gasteiger partial charge in [-0.15, -0.1) is 11.3 Å². The van der Waals surface area contributed by atoms with Crippen molar-refractivity contribution >= 4 is 23.2 Å². The van der Waals surface area contributed by atoms with Crippen LogP contribution >= 0.6 is 11.3 Å². The first kappa shape index (κ1) is 17.9. The smallest absolute Gasteiger partial charge is 0.264 e. The van der Waals surface area contributed by atoms with Crippen LogP contribution in [0, 0.1) is 0 Å². The Morgan fingerprint density at radius 3 is 2.96 bits per heavy atom. The molecule has 1 aliphatic rings. The molecule has 2 rings (SSSR count). The highest BCUT2D eigenvalue weighted by atomic mass is 32.1. The topological polar surface area (TPSA) is 67.9 Å². The Bertz CT molecular complexity index is 492. The SMILES string of the molecule is COCCOCCNC(=O)C1CCCCN1C(=O)c1cccs1. The van der Waals surface area contributed by atoms with E-state index < -0.39 is 0 Å². The third-order valence-electron chi connectivity index (χ3n) is 3.78. The number of likely N-dealkylation sites (tertiary alicyclic amines) is 1. The van der Waals surface area contributed by atoms with Crippen molar-refractivity contribution in [2.24, 2.45) is 0 Å². The standard InChI is InChI=1S/C16H24N2O4S/c1-21-10-11-22-9-7-17-15(19)13-5-2-3-8-18(13)16(20)14-6-4-12-23-14/h4,6,12-13H,2-3,5,7-11H2,1H3,(H,17,19). The van der Waals surface area contributed by atoms with E-state index in [9.17, 15) is 9.59 Å². The predicted molar refractivity (Wildman–Crippen MR) is 88.7 cm³/mol. The summed E-state index contributed by atoms with van der Waals surface area (Å²) in [5.74, 6) is -0.138. The molecule has 0 aromatic carbocycles. The maximum Gasteiger partial charge on any atom is 0.264 e. The Hall–Kier alpha value is -1.44. The molecule has 1 atom stereocenters. The number of amides is 2. The molecule has 1 fully saturated rings. The number of hydrogen-bond acceptors (Lipinski definition) is 5. The van der Waals surface area contributed by atoms with Gasteiger partial charge in [0.05, 0.1) is 24.7 Å². The van der Waals surface area contributed by atoms with Crippen LogP contribution in [0.15, 0.2) is 17.5 Å². The molecular formula is C16H24N2O4S. The number of carbonyl (C=O) groups excluding carboxylic acids is 2. The molecule has 1 aromatic heterocycles. The Labute approximate surface area is 140 Å². The largest absolute Gasteiger partial charge is 0.382 e. The number of hydrogen-bond donors (Lipinski definition) is 1. The Kier molecular flexibility index (Phi) is 7.51. The second kappa shape index (κ2) is 9.64. The lowest BCUT2D eigenvalue weighted by Crippen LogP contribution is -2.52. The van der Waals surface area contributed by atoms with E-state index in [1.165, 1.54) is 11.3 Å². The molecule has 1 aliphatic heterocycles. The Morgan fingerprint density at radius 2 is 2.22 bits per heavy atom. The maximum absolute atomic E-state index is 12.5. The van der Waals surface area contributed by atoms with Gasteiger partial charge in [-0.05, 0) is 30.7 Å². The molecule has 1 N–H and O–H groups in total. The third-order valence-corrected chi connectivity index (χ3v) is 4.63. The van der Waals surface area contributed by atoms with Crippen molar-refractivity contribution in [1.29, 1.82) is 0 Å². The van der Waals surface area contributed by atoms with Crippen LogP contribution < -0.4 is 5.32 Å². The number of methoxy groups -OCH3 is 1. The fraction of sp³-hybridized carbons (Fsp3) is 0.625. The highest BCUT2D eigenvalue weighted by Gasteiger charge is 2.32. The van der Waals surface area contributed by atoms with E-state index >= 15 is 0 Å². The van der Waals surface area contributed by atoms with Crippen LogP contribution in [-0.4, -0.2) is 62.8 Å². The lowest BCUT2D eigenvalue weighted by Gasteiger charge is -2.34. The van der Waals surface area contributed by atoms with Crippen LogP contribution in [-0.2, 0) is 14.3 Å². The van der Waals surface area contributed by atoms with Gasteiger partial charge in [0.2, 0.25) is 5.91 Å². The Morgan fingerprint density at radius 1 is 1.35 bits per heavy atom. The van der Waals surface area contributed by atoms with E-state index in [1.807, 2.05) is 11.4 Å². The first-order chi connectivity index (χ1) is 11.2. The highest BCUT2D eigenvalue weighted by Crippen LogP contribution is 2.21. The number of nitrogens with zero attached hydrogens (tertiary/aromatic N) is 1. The van der Waals surface area contributed by atoms with Gasteiger partial charge in [0.1, 0.15) is 6.04 Å². The molecule has 0 saturated carbocycles. The van der Waals surface area contributed by atoms with Crippen LogP contribution in [0.3, 0.4) is 0 Å². The van der Waals surface area contributed by atoms with Gasteiger partial charge < -0.3 is 19.7 Å². The zero-order valence-electron chi connectivity index (χ0n) is 13.5. The van der Waals surface area contributed by atoms with E-state index in [0.717, 1.165) is 12.8 Å². The van der Waals surface area contributed by atoms with Gasteiger partial charge in [-0.2, -0.15) is 0 Å². The number of nitrogens with one attached hydrogen (secondary N) is 1. The van der Waals surface area contributed by atoms with E-state index in [0.29, 0.717) is 44.2 Å². The van der Waals surface area contributed by atoms with Crippen LogP contribution in [0.25, 0.3) is 0 Å². The number of thiophene rings is 1. The normalized spacial score (nSPS) is 18.0. The number of rotatable bonds is 8. The van der Waals surface area contributed by atoms with Gasteiger partial charge >= 0.3 is 0 Å². The molecule has 1 aromatic rings. The van der Waals surface area contributed by atoms with Gasteiger partial charge in [-0.3, -0.25) is 9.59 Å². The minimum absolute atomic E-state index is 0.0452. The average Bonchev–Trinajstić information content (AvgIpc) is 3.11. The van der Waals surface area contributed by atoms with Gasteiger partial charge in [0, 0.05) is 20.2 Å². The summed E-state index contributed by atoms with van der Waals surface area (Å²) < 4.78 is 10.2. The number of carbonyl (C=O) groups is 2.